The van der Waals surface area contributed by atoms with Crippen LogP contribution in [0, 0.1) is 18.3 Å². The number of aryl methyl sites for hydroxylation is 1. The molecule has 208 valence electrons. The van der Waals surface area contributed by atoms with Crippen molar-refractivity contribution < 1.29 is 18.8 Å². The van der Waals surface area contributed by atoms with Gasteiger partial charge in [-0.15, -0.1) is 0 Å². The van der Waals surface area contributed by atoms with Gasteiger partial charge in [0.1, 0.15) is 23.2 Å². The molecule has 1 aromatic carbocycles. The first-order valence-corrected chi connectivity index (χ1v) is 13.8. The molecule has 1 saturated heterocycles. The molecular weight excluding hydrogens is 505 g/mol. The number of benzene rings is 1. The lowest BCUT2D eigenvalue weighted by molar-refractivity contribution is 0.00578. The van der Waals surface area contributed by atoms with Crippen LogP contribution in [-0.4, -0.2) is 56.8 Å². The highest BCUT2D eigenvalue weighted by Gasteiger charge is 2.52. The number of amides is 1. The molecule has 4 heterocycles. The molecule has 5 rings (SSSR count). The number of carbonyl (C=O) groups is 1. The normalized spacial score (nSPS) is 18.4. The van der Waals surface area contributed by atoms with E-state index < -0.39 is 18.3 Å². The highest BCUT2D eigenvalue weighted by molar-refractivity contribution is 6.63. The molecule has 2 aromatic heterocycles. The number of imidazole rings is 1. The fraction of sp³-hybridized carbons (Fsp3) is 0.467. The van der Waals surface area contributed by atoms with Gasteiger partial charge in [0, 0.05) is 43.3 Å². The summed E-state index contributed by atoms with van der Waals surface area (Å²) in [5, 5.41) is 9.43. The molecule has 1 atom stereocenters. The van der Waals surface area contributed by atoms with Crippen LogP contribution in [0.25, 0.3) is 0 Å². The number of hydrogen-bond donors (Lipinski definition) is 0. The van der Waals surface area contributed by atoms with E-state index in [9.17, 15) is 10.1 Å². The molecule has 1 amide bonds. The standard InChI is InChI=1S/C30H36BN5O4/c1-8-38-27-15-26(34-17-22(27)16-32)19(2)36-11-9-23-24(28(36)37)13-21(18-35-12-10-33-20(35)3)14-25(23)31-39-29(4,5)30(6,7)40-31/h10,12-15,17,19H,8-9,11,18H2,1-7H3/t19-/m0/s1. The van der Waals surface area contributed by atoms with E-state index in [0.717, 1.165) is 22.4 Å². The van der Waals surface area contributed by atoms with Crippen LogP contribution in [0.4, 0.5) is 0 Å². The van der Waals surface area contributed by atoms with Gasteiger partial charge in [-0.05, 0) is 77.5 Å². The summed E-state index contributed by atoms with van der Waals surface area (Å²) in [7, 11) is -0.576. The molecule has 10 heteroatoms. The Morgan fingerprint density at radius 2 is 1.90 bits per heavy atom. The van der Waals surface area contributed by atoms with Crippen LogP contribution in [0.2, 0.25) is 0 Å². The van der Waals surface area contributed by atoms with Gasteiger partial charge in [-0.3, -0.25) is 9.78 Å². The second kappa shape index (κ2) is 10.4. The van der Waals surface area contributed by atoms with Crippen LogP contribution in [0.15, 0.2) is 36.8 Å². The van der Waals surface area contributed by atoms with Crippen molar-refractivity contribution in [1.82, 2.24) is 19.4 Å². The SMILES string of the molecule is CCOc1cc([C@H](C)N2CCc3c(B4OC(C)(C)C(C)(C)O4)cc(Cn4ccnc4C)cc3C2=O)ncc1C#N. The van der Waals surface area contributed by atoms with Gasteiger partial charge in [0.2, 0.25) is 0 Å². The van der Waals surface area contributed by atoms with E-state index in [2.05, 4.69) is 26.7 Å². The predicted octanol–water partition coefficient (Wildman–Crippen LogP) is 3.96. The summed E-state index contributed by atoms with van der Waals surface area (Å²) in [5.41, 5.74) is 3.54. The zero-order valence-electron chi connectivity index (χ0n) is 24.3. The zero-order valence-corrected chi connectivity index (χ0v) is 24.3. The summed E-state index contributed by atoms with van der Waals surface area (Å²) >= 11 is 0. The molecule has 2 aliphatic heterocycles. The number of rotatable bonds is 7. The van der Waals surface area contributed by atoms with E-state index in [1.165, 1.54) is 6.20 Å². The lowest BCUT2D eigenvalue weighted by Crippen LogP contribution is -2.45. The van der Waals surface area contributed by atoms with Gasteiger partial charge in [-0.25, -0.2) is 4.98 Å². The van der Waals surface area contributed by atoms with Crippen molar-refractivity contribution in [2.24, 2.45) is 0 Å². The third kappa shape index (κ3) is 4.89. The molecule has 0 unspecified atom stereocenters. The molecule has 40 heavy (non-hydrogen) atoms. The molecule has 2 aliphatic rings. The summed E-state index contributed by atoms with van der Waals surface area (Å²) in [6.07, 6.45) is 5.88. The maximum atomic E-state index is 14.1. The number of pyridine rings is 1. The molecular formula is C30H36BN5O4. The summed E-state index contributed by atoms with van der Waals surface area (Å²) in [5.74, 6) is 1.31. The molecule has 9 nitrogen and oxygen atoms in total. The Balaban J connectivity index is 1.53. The Kier molecular flexibility index (Phi) is 7.23. The van der Waals surface area contributed by atoms with Gasteiger partial charge in [0.25, 0.3) is 5.91 Å². The first-order valence-electron chi connectivity index (χ1n) is 13.8. The fourth-order valence-electron chi connectivity index (χ4n) is 5.32. The van der Waals surface area contributed by atoms with E-state index in [0.29, 0.717) is 48.7 Å². The number of aromatic nitrogens is 3. The number of nitrogens with zero attached hydrogens (tertiary/aromatic N) is 5. The Labute approximate surface area is 236 Å². The van der Waals surface area contributed by atoms with Crippen LogP contribution in [-0.2, 0) is 22.3 Å². The summed E-state index contributed by atoms with van der Waals surface area (Å²) in [4.78, 5) is 24.8. The van der Waals surface area contributed by atoms with Crippen molar-refractivity contribution in [2.75, 3.05) is 13.2 Å². The Hall–Kier alpha value is -3.68. The van der Waals surface area contributed by atoms with Crippen molar-refractivity contribution in [1.29, 1.82) is 5.26 Å². The van der Waals surface area contributed by atoms with Crippen LogP contribution >= 0.6 is 0 Å². The summed E-state index contributed by atoms with van der Waals surface area (Å²) < 4.78 is 20.6. The van der Waals surface area contributed by atoms with E-state index in [-0.39, 0.29) is 11.9 Å². The third-order valence-electron chi connectivity index (χ3n) is 8.42. The molecule has 0 bridgehead atoms. The average molecular weight is 541 g/mol. The van der Waals surface area contributed by atoms with Gasteiger partial charge < -0.3 is 23.5 Å². The summed E-state index contributed by atoms with van der Waals surface area (Å²) in [6, 6.07) is 7.68. The fourth-order valence-corrected chi connectivity index (χ4v) is 5.32. The minimum absolute atomic E-state index is 0.0696. The van der Waals surface area contributed by atoms with Crippen molar-refractivity contribution in [3.05, 3.63) is 70.6 Å². The van der Waals surface area contributed by atoms with Crippen molar-refractivity contribution in [3.63, 3.8) is 0 Å². The number of fused-ring (bicyclic) bond motifs is 1. The Morgan fingerprint density at radius 1 is 1.18 bits per heavy atom. The zero-order chi connectivity index (χ0) is 28.8. The number of hydrogen-bond acceptors (Lipinski definition) is 7. The van der Waals surface area contributed by atoms with E-state index in [1.807, 2.05) is 65.6 Å². The number of nitriles is 1. The second-order valence-electron chi connectivity index (χ2n) is 11.5. The van der Waals surface area contributed by atoms with Crippen LogP contribution in [0.1, 0.15) is 86.2 Å². The molecule has 0 aliphatic carbocycles. The van der Waals surface area contributed by atoms with Crippen LogP contribution in [0.3, 0.4) is 0 Å². The molecule has 0 spiro atoms. The molecule has 3 aromatic rings. The van der Waals surface area contributed by atoms with Crippen LogP contribution in [0.5, 0.6) is 5.75 Å². The first kappa shape index (κ1) is 27.9. The highest BCUT2D eigenvalue weighted by Crippen LogP contribution is 2.38. The smallest absolute Gasteiger partial charge is 0.492 e. The second-order valence-corrected chi connectivity index (χ2v) is 11.5. The average Bonchev–Trinajstić information content (AvgIpc) is 3.41. The van der Waals surface area contributed by atoms with Crippen molar-refractivity contribution >= 4 is 18.5 Å². The number of ether oxygens (including phenoxy) is 1. The van der Waals surface area contributed by atoms with Gasteiger partial charge in [0.05, 0.1) is 29.5 Å². The van der Waals surface area contributed by atoms with E-state index in [1.54, 1.807) is 12.3 Å². The lowest BCUT2D eigenvalue weighted by Gasteiger charge is -2.35. The monoisotopic (exact) mass is 541 g/mol. The molecule has 0 saturated carbocycles. The quantitative estimate of drug-likeness (QED) is 0.417. The van der Waals surface area contributed by atoms with E-state index >= 15 is 0 Å². The largest absolute Gasteiger partial charge is 0.495 e. The van der Waals surface area contributed by atoms with Gasteiger partial charge >= 0.3 is 7.12 Å². The minimum Gasteiger partial charge on any atom is -0.492 e. The van der Waals surface area contributed by atoms with E-state index in [4.69, 9.17) is 14.0 Å². The topological polar surface area (TPSA) is 102 Å². The van der Waals surface area contributed by atoms with Crippen molar-refractivity contribution in [2.45, 2.75) is 78.7 Å². The third-order valence-corrected chi connectivity index (χ3v) is 8.42. The van der Waals surface area contributed by atoms with Crippen molar-refractivity contribution in [3.8, 4) is 11.8 Å². The van der Waals surface area contributed by atoms with Gasteiger partial charge in [0.15, 0.2) is 0 Å². The predicted molar refractivity (Wildman–Crippen MR) is 152 cm³/mol. The van der Waals surface area contributed by atoms with Gasteiger partial charge in [-0.1, -0.05) is 6.07 Å². The maximum Gasteiger partial charge on any atom is 0.495 e. The molecule has 0 N–H and O–H groups in total. The summed E-state index contributed by atoms with van der Waals surface area (Å²) in [6.45, 7) is 15.5. The van der Waals surface area contributed by atoms with Gasteiger partial charge in [-0.2, -0.15) is 5.26 Å². The Bertz CT molecular complexity index is 1480. The maximum absolute atomic E-state index is 14.1. The molecule has 0 radical (unpaired) electrons. The minimum atomic E-state index is -0.576. The molecule has 1 fully saturated rings. The number of carbonyl (C=O) groups excluding carboxylic acids is 1. The first-order chi connectivity index (χ1) is 19.0. The lowest BCUT2D eigenvalue weighted by atomic mass is 9.72. The highest BCUT2D eigenvalue weighted by atomic mass is 16.7. The Morgan fingerprint density at radius 3 is 2.52 bits per heavy atom. The van der Waals surface area contributed by atoms with Crippen LogP contribution < -0.4 is 10.2 Å².